The molecule has 0 amide bonds. The van der Waals surface area contributed by atoms with Crippen LogP contribution in [0.4, 0.5) is 11.4 Å². The lowest BCUT2D eigenvalue weighted by Crippen LogP contribution is -2.23. The van der Waals surface area contributed by atoms with Gasteiger partial charge in [-0.25, -0.2) is 0 Å². The molecule has 2 aromatic rings. The number of carbonyl (C=O) groups excluding carboxylic acids is 1. The Hall–Kier alpha value is -1.97. The minimum atomic E-state index is -0.237. The summed E-state index contributed by atoms with van der Waals surface area (Å²) in [5, 5.41) is 7.97. The number of nitrogens with one attached hydrogen (secondary N) is 2. The lowest BCUT2D eigenvalue weighted by atomic mass is 9.87. The van der Waals surface area contributed by atoms with Gasteiger partial charge in [0, 0.05) is 17.7 Å². The van der Waals surface area contributed by atoms with E-state index in [-0.39, 0.29) is 11.8 Å². The minimum absolute atomic E-state index is 0.181. The summed E-state index contributed by atoms with van der Waals surface area (Å²) < 4.78 is 0. The molecule has 0 spiro atoms. The zero-order valence-electron chi connectivity index (χ0n) is 12.9. The molecule has 5 heteroatoms. The van der Waals surface area contributed by atoms with Gasteiger partial charge in [0.05, 0.1) is 27.5 Å². The van der Waals surface area contributed by atoms with Crippen LogP contribution < -0.4 is 10.6 Å². The van der Waals surface area contributed by atoms with Crippen LogP contribution in [-0.4, -0.2) is 5.78 Å². The second-order valence-corrected chi connectivity index (χ2v) is 6.90. The lowest BCUT2D eigenvalue weighted by molar-refractivity contribution is -0.116. The maximum Gasteiger partial charge on any atom is 0.163 e. The van der Waals surface area contributed by atoms with Crippen molar-refractivity contribution in [2.45, 2.75) is 25.3 Å². The molecule has 0 saturated heterocycles. The van der Waals surface area contributed by atoms with Crippen LogP contribution in [0.25, 0.3) is 0 Å². The first-order valence-electron chi connectivity index (χ1n) is 7.97. The number of allylic oxidation sites excluding steroid dienone is 1. The third kappa shape index (κ3) is 2.68. The summed E-state index contributed by atoms with van der Waals surface area (Å²) in [5.41, 5.74) is 4.69. The van der Waals surface area contributed by atoms with E-state index >= 15 is 0 Å². The molecule has 0 aromatic heterocycles. The van der Waals surface area contributed by atoms with Gasteiger partial charge < -0.3 is 10.6 Å². The lowest BCUT2D eigenvalue weighted by Gasteiger charge is -2.25. The van der Waals surface area contributed by atoms with Crippen molar-refractivity contribution >= 4 is 40.4 Å². The Bertz CT molecular complexity index is 860. The van der Waals surface area contributed by atoms with Crippen molar-refractivity contribution in [3.8, 4) is 0 Å². The fourth-order valence-electron chi connectivity index (χ4n) is 3.38. The van der Waals surface area contributed by atoms with Crippen LogP contribution in [0.5, 0.6) is 0 Å². The number of carbonyl (C=O) groups is 1. The first-order valence-corrected chi connectivity index (χ1v) is 8.73. The average Bonchev–Trinajstić information content (AvgIpc) is 2.74. The standard InChI is InChI=1S/C19H16Cl2N2O/c20-12-9-8-11(10-13(12)21)19-18-16(6-3-7-17(18)24)22-14-4-1-2-5-15(14)23-19/h1-2,4-5,8-10,19,22-23H,3,6-7H2/t19-/m1/s1. The van der Waals surface area contributed by atoms with Gasteiger partial charge in [0.15, 0.2) is 5.78 Å². The summed E-state index contributed by atoms with van der Waals surface area (Å²) in [5.74, 6) is 0.181. The number of benzene rings is 2. The Morgan fingerprint density at radius 2 is 1.75 bits per heavy atom. The molecule has 0 bridgehead atoms. The van der Waals surface area contributed by atoms with Crippen LogP contribution in [-0.2, 0) is 4.79 Å². The maximum atomic E-state index is 12.7. The van der Waals surface area contributed by atoms with Gasteiger partial charge >= 0.3 is 0 Å². The van der Waals surface area contributed by atoms with Gasteiger partial charge in [0.2, 0.25) is 0 Å². The third-order valence-electron chi connectivity index (χ3n) is 4.53. The number of fused-ring (bicyclic) bond motifs is 1. The topological polar surface area (TPSA) is 41.1 Å². The van der Waals surface area contributed by atoms with E-state index in [9.17, 15) is 4.79 Å². The highest BCUT2D eigenvalue weighted by molar-refractivity contribution is 6.42. The minimum Gasteiger partial charge on any atom is -0.372 e. The summed E-state index contributed by atoms with van der Waals surface area (Å²) in [6.07, 6.45) is 2.33. The number of rotatable bonds is 1. The molecule has 1 aliphatic carbocycles. The van der Waals surface area contributed by atoms with Crippen LogP contribution in [0.2, 0.25) is 10.0 Å². The van der Waals surface area contributed by atoms with Gasteiger partial charge in [-0.1, -0.05) is 41.4 Å². The third-order valence-corrected chi connectivity index (χ3v) is 5.27. The van der Waals surface area contributed by atoms with Crippen molar-refractivity contribution in [3.63, 3.8) is 0 Å². The molecule has 4 rings (SSSR count). The quantitative estimate of drug-likeness (QED) is 0.698. The van der Waals surface area contributed by atoms with E-state index in [0.29, 0.717) is 16.5 Å². The molecule has 3 nitrogen and oxygen atoms in total. The highest BCUT2D eigenvalue weighted by Crippen LogP contribution is 2.41. The maximum absolute atomic E-state index is 12.7. The van der Waals surface area contributed by atoms with Crippen LogP contribution in [0.1, 0.15) is 30.9 Å². The van der Waals surface area contributed by atoms with Crippen molar-refractivity contribution in [3.05, 3.63) is 69.3 Å². The number of anilines is 2. The Balaban J connectivity index is 1.88. The summed E-state index contributed by atoms with van der Waals surface area (Å²) >= 11 is 12.3. The second kappa shape index (κ2) is 6.15. The number of halogens is 2. The van der Waals surface area contributed by atoms with Crippen LogP contribution in [0.15, 0.2) is 53.7 Å². The van der Waals surface area contributed by atoms with Crippen molar-refractivity contribution in [1.82, 2.24) is 0 Å². The first kappa shape index (κ1) is 15.6. The van der Waals surface area contributed by atoms with E-state index in [0.717, 1.165) is 41.1 Å². The van der Waals surface area contributed by atoms with E-state index in [1.807, 2.05) is 36.4 Å². The molecule has 1 aliphatic heterocycles. The summed E-state index contributed by atoms with van der Waals surface area (Å²) in [6.45, 7) is 0. The first-order chi connectivity index (χ1) is 11.6. The fourth-order valence-corrected chi connectivity index (χ4v) is 3.69. The highest BCUT2D eigenvalue weighted by Gasteiger charge is 2.32. The van der Waals surface area contributed by atoms with E-state index in [1.165, 1.54) is 0 Å². The molecule has 0 unspecified atom stereocenters. The number of Topliss-reactive ketones (excluding diaryl/α,β-unsaturated/α-hetero) is 1. The Morgan fingerprint density at radius 1 is 0.958 bits per heavy atom. The molecule has 0 saturated carbocycles. The van der Waals surface area contributed by atoms with E-state index in [1.54, 1.807) is 6.07 Å². The normalized spacial score (nSPS) is 19.8. The molecule has 0 radical (unpaired) electrons. The largest absolute Gasteiger partial charge is 0.372 e. The Labute approximate surface area is 150 Å². The molecule has 2 N–H and O–H groups in total. The van der Waals surface area contributed by atoms with Gasteiger partial charge in [-0.2, -0.15) is 0 Å². The van der Waals surface area contributed by atoms with Crippen molar-refractivity contribution < 1.29 is 4.79 Å². The zero-order chi connectivity index (χ0) is 16.7. The Kier molecular flexibility index (Phi) is 3.99. The molecular formula is C19H16Cl2N2O. The van der Waals surface area contributed by atoms with Crippen molar-refractivity contribution in [1.29, 1.82) is 0 Å². The monoisotopic (exact) mass is 358 g/mol. The zero-order valence-corrected chi connectivity index (χ0v) is 14.4. The molecule has 24 heavy (non-hydrogen) atoms. The molecule has 2 aliphatic rings. The molecular weight excluding hydrogens is 343 g/mol. The smallest absolute Gasteiger partial charge is 0.163 e. The number of para-hydroxylation sites is 2. The predicted molar refractivity (Wildman–Crippen MR) is 98.8 cm³/mol. The van der Waals surface area contributed by atoms with Gasteiger partial charge in [0.1, 0.15) is 0 Å². The summed E-state index contributed by atoms with van der Waals surface area (Å²) in [7, 11) is 0. The van der Waals surface area contributed by atoms with Gasteiger partial charge in [-0.15, -0.1) is 0 Å². The summed E-state index contributed by atoms with van der Waals surface area (Å²) in [4.78, 5) is 12.7. The molecule has 1 heterocycles. The van der Waals surface area contributed by atoms with Gasteiger partial charge in [-0.05, 0) is 42.7 Å². The van der Waals surface area contributed by atoms with Gasteiger partial charge in [0.25, 0.3) is 0 Å². The average molecular weight is 359 g/mol. The van der Waals surface area contributed by atoms with Crippen LogP contribution >= 0.6 is 23.2 Å². The number of ketones is 1. The number of hydrogen-bond donors (Lipinski definition) is 2. The van der Waals surface area contributed by atoms with Crippen LogP contribution in [0, 0.1) is 0 Å². The van der Waals surface area contributed by atoms with E-state index in [2.05, 4.69) is 10.6 Å². The van der Waals surface area contributed by atoms with Crippen LogP contribution in [0.3, 0.4) is 0 Å². The second-order valence-electron chi connectivity index (χ2n) is 6.09. The summed E-state index contributed by atoms with van der Waals surface area (Å²) in [6, 6.07) is 13.3. The molecule has 1 atom stereocenters. The number of hydrogen-bond acceptors (Lipinski definition) is 3. The Morgan fingerprint density at radius 3 is 2.54 bits per heavy atom. The predicted octanol–water partition coefficient (Wildman–Crippen LogP) is 5.58. The molecule has 122 valence electrons. The van der Waals surface area contributed by atoms with Crippen molar-refractivity contribution in [2.24, 2.45) is 0 Å². The van der Waals surface area contributed by atoms with Gasteiger partial charge in [-0.3, -0.25) is 4.79 Å². The fraction of sp³-hybridized carbons (Fsp3) is 0.211. The highest BCUT2D eigenvalue weighted by atomic mass is 35.5. The van der Waals surface area contributed by atoms with E-state index in [4.69, 9.17) is 23.2 Å². The van der Waals surface area contributed by atoms with E-state index < -0.39 is 0 Å². The SMILES string of the molecule is O=C1CCCC2=C1[C@@H](c1ccc(Cl)c(Cl)c1)Nc1ccccc1N2. The molecule has 0 fully saturated rings. The van der Waals surface area contributed by atoms with Crippen molar-refractivity contribution in [2.75, 3.05) is 10.6 Å². The molecule has 2 aromatic carbocycles.